The Morgan fingerprint density at radius 1 is 1.09 bits per heavy atom. The van der Waals surface area contributed by atoms with Crippen LogP contribution in [0.15, 0.2) is 18.2 Å². The molecule has 3 rings (SSSR count). The molecule has 1 aromatic carbocycles. The molecule has 0 aliphatic carbocycles. The van der Waals surface area contributed by atoms with Crippen LogP contribution in [0.4, 0.5) is 5.82 Å². The van der Waals surface area contributed by atoms with Crippen LogP contribution in [0.2, 0.25) is 0 Å². The highest BCUT2D eigenvalue weighted by Gasteiger charge is 2.24. The average Bonchev–Trinajstić information content (AvgIpc) is 2.52. The molecule has 1 aliphatic rings. The minimum Gasteiger partial charge on any atom is -0.496 e. The third kappa shape index (κ3) is 2.93. The molecule has 23 heavy (non-hydrogen) atoms. The molecule has 2 atom stereocenters. The Labute approximate surface area is 137 Å². The zero-order valence-electron chi connectivity index (χ0n) is 14.4. The van der Waals surface area contributed by atoms with E-state index < -0.39 is 0 Å². The monoisotopic (exact) mass is 316 g/mol. The highest BCUT2D eigenvalue weighted by molar-refractivity contribution is 5.94. The summed E-state index contributed by atoms with van der Waals surface area (Å²) in [4.78, 5) is 7.16. The van der Waals surface area contributed by atoms with Crippen molar-refractivity contribution in [2.24, 2.45) is 0 Å². The van der Waals surface area contributed by atoms with Crippen LogP contribution in [0.5, 0.6) is 11.5 Å². The first-order valence-electron chi connectivity index (χ1n) is 7.96. The third-order valence-corrected chi connectivity index (χ3v) is 4.25. The summed E-state index contributed by atoms with van der Waals surface area (Å²) in [5, 5.41) is 1.00. The minimum absolute atomic E-state index is 0.198. The number of ether oxygens (including phenoxy) is 3. The van der Waals surface area contributed by atoms with E-state index in [0.717, 1.165) is 46.9 Å². The van der Waals surface area contributed by atoms with Gasteiger partial charge in [-0.3, -0.25) is 0 Å². The van der Waals surface area contributed by atoms with Crippen molar-refractivity contribution < 1.29 is 14.2 Å². The molecule has 1 aliphatic heterocycles. The third-order valence-electron chi connectivity index (χ3n) is 4.25. The summed E-state index contributed by atoms with van der Waals surface area (Å²) in [6.45, 7) is 7.96. The molecular formula is C18H24N2O3. The molecule has 0 radical (unpaired) electrons. The van der Waals surface area contributed by atoms with Gasteiger partial charge in [0.15, 0.2) is 0 Å². The maximum absolute atomic E-state index is 5.82. The number of rotatable bonds is 3. The van der Waals surface area contributed by atoms with Gasteiger partial charge in [-0.15, -0.1) is 0 Å². The first-order valence-corrected chi connectivity index (χ1v) is 7.96. The number of nitrogens with zero attached hydrogens (tertiary/aromatic N) is 2. The number of benzene rings is 1. The van der Waals surface area contributed by atoms with Crippen LogP contribution in [0.25, 0.3) is 10.9 Å². The number of hydrogen-bond acceptors (Lipinski definition) is 5. The largest absolute Gasteiger partial charge is 0.496 e. The number of fused-ring (bicyclic) bond motifs is 1. The molecular weight excluding hydrogens is 292 g/mol. The Morgan fingerprint density at radius 2 is 1.70 bits per heavy atom. The Hall–Kier alpha value is -2.01. The average molecular weight is 316 g/mol. The predicted molar refractivity (Wildman–Crippen MR) is 91.8 cm³/mol. The molecule has 0 unspecified atom stereocenters. The van der Waals surface area contributed by atoms with Gasteiger partial charge in [0.25, 0.3) is 0 Å². The molecule has 0 N–H and O–H groups in total. The number of hydrogen-bond donors (Lipinski definition) is 0. The van der Waals surface area contributed by atoms with E-state index in [2.05, 4.69) is 31.7 Å². The van der Waals surface area contributed by atoms with Crippen LogP contribution in [-0.4, -0.2) is 44.5 Å². The predicted octanol–water partition coefficient (Wildman–Crippen LogP) is 3.17. The Balaban J connectivity index is 2.13. The number of pyridine rings is 1. The van der Waals surface area contributed by atoms with Crippen LogP contribution in [0.3, 0.4) is 0 Å². The summed E-state index contributed by atoms with van der Waals surface area (Å²) in [6.07, 6.45) is 0.396. The van der Waals surface area contributed by atoms with Crippen molar-refractivity contribution in [1.29, 1.82) is 0 Å². The van der Waals surface area contributed by atoms with Gasteiger partial charge in [0, 0.05) is 18.5 Å². The standard InChI is InChI=1S/C18H24N2O3/c1-11-8-16(20-9-12(2)23-13(3)10-20)19-18-15(22-5)7-6-14(21-4)17(11)18/h6-8,12-13H,9-10H2,1-5H3/t12-,13-/m1/s1. The molecule has 0 spiro atoms. The van der Waals surface area contributed by atoms with Crippen molar-refractivity contribution >= 4 is 16.7 Å². The second-order valence-corrected chi connectivity index (χ2v) is 6.15. The van der Waals surface area contributed by atoms with Crippen LogP contribution in [-0.2, 0) is 4.74 Å². The van der Waals surface area contributed by atoms with Crippen molar-refractivity contribution in [2.75, 3.05) is 32.2 Å². The Bertz CT molecular complexity index is 707. The van der Waals surface area contributed by atoms with E-state index in [9.17, 15) is 0 Å². The van der Waals surface area contributed by atoms with Crippen LogP contribution in [0.1, 0.15) is 19.4 Å². The van der Waals surface area contributed by atoms with Gasteiger partial charge < -0.3 is 19.1 Å². The van der Waals surface area contributed by atoms with Gasteiger partial charge in [-0.2, -0.15) is 0 Å². The molecule has 0 saturated carbocycles. The number of morpholine rings is 1. The van der Waals surface area contributed by atoms with Gasteiger partial charge in [0.1, 0.15) is 22.8 Å². The fourth-order valence-corrected chi connectivity index (χ4v) is 3.32. The van der Waals surface area contributed by atoms with E-state index in [1.54, 1.807) is 14.2 Å². The van der Waals surface area contributed by atoms with E-state index in [4.69, 9.17) is 19.2 Å². The molecule has 2 aromatic rings. The lowest BCUT2D eigenvalue weighted by Gasteiger charge is -2.36. The summed E-state index contributed by atoms with van der Waals surface area (Å²) in [5.41, 5.74) is 1.97. The minimum atomic E-state index is 0.198. The first kappa shape index (κ1) is 15.9. The second kappa shape index (κ2) is 6.24. The molecule has 124 valence electrons. The molecule has 0 bridgehead atoms. The summed E-state index contributed by atoms with van der Waals surface area (Å²) >= 11 is 0. The number of methoxy groups -OCH3 is 2. The van der Waals surface area contributed by atoms with Gasteiger partial charge in [-0.25, -0.2) is 4.98 Å². The van der Waals surface area contributed by atoms with Crippen molar-refractivity contribution in [1.82, 2.24) is 4.98 Å². The Kier molecular flexibility index (Phi) is 4.31. The van der Waals surface area contributed by atoms with Crippen LogP contribution >= 0.6 is 0 Å². The highest BCUT2D eigenvalue weighted by atomic mass is 16.5. The maximum atomic E-state index is 5.82. The topological polar surface area (TPSA) is 43.8 Å². The highest BCUT2D eigenvalue weighted by Crippen LogP contribution is 2.36. The van der Waals surface area contributed by atoms with Gasteiger partial charge in [-0.05, 0) is 44.5 Å². The quantitative estimate of drug-likeness (QED) is 0.870. The maximum Gasteiger partial charge on any atom is 0.145 e. The molecule has 5 heteroatoms. The lowest BCUT2D eigenvalue weighted by atomic mass is 10.1. The van der Waals surface area contributed by atoms with Crippen LogP contribution in [0, 0.1) is 6.92 Å². The van der Waals surface area contributed by atoms with E-state index in [1.165, 1.54) is 0 Å². The zero-order chi connectivity index (χ0) is 16.6. The zero-order valence-corrected chi connectivity index (χ0v) is 14.4. The van der Waals surface area contributed by atoms with E-state index in [1.807, 2.05) is 12.1 Å². The van der Waals surface area contributed by atoms with Crippen molar-refractivity contribution in [3.63, 3.8) is 0 Å². The smallest absolute Gasteiger partial charge is 0.145 e. The first-order chi connectivity index (χ1) is 11.0. The van der Waals surface area contributed by atoms with Crippen molar-refractivity contribution in [3.05, 3.63) is 23.8 Å². The summed E-state index contributed by atoms with van der Waals surface area (Å²) in [7, 11) is 3.35. The fraction of sp³-hybridized carbons (Fsp3) is 0.500. The fourth-order valence-electron chi connectivity index (χ4n) is 3.32. The van der Waals surface area contributed by atoms with Crippen LogP contribution < -0.4 is 14.4 Å². The van der Waals surface area contributed by atoms with E-state index in [0.29, 0.717) is 0 Å². The number of aromatic nitrogens is 1. The lowest BCUT2D eigenvalue weighted by Crippen LogP contribution is -2.45. The van der Waals surface area contributed by atoms with Crippen molar-refractivity contribution in [2.45, 2.75) is 33.0 Å². The summed E-state index contributed by atoms with van der Waals surface area (Å²) in [5.74, 6) is 2.55. The molecule has 0 amide bonds. The van der Waals surface area contributed by atoms with E-state index in [-0.39, 0.29) is 12.2 Å². The lowest BCUT2D eigenvalue weighted by molar-refractivity contribution is -0.00544. The molecule has 2 heterocycles. The second-order valence-electron chi connectivity index (χ2n) is 6.15. The number of aryl methyl sites for hydroxylation is 1. The number of anilines is 1. The van der Waals surface area contributed by atoms with Gasteiger partial charge in [0.05, 0.1) is 26.4 Å². The summed E-state index contributed by atoms with van der Waals surface area (Å²) < 4.78 is 16.8. The SMILES string of the molecule is COc1ccc(OC)c2c(C)cc(N3C[C@@H](C)O[C@H](C)C3)nc12. The normalized spacial score (nSPS) is 21.5. The van der Waals surface area contributed by atoms with E-state index >= 15 is 0 Å². The molecule has 1 saturated heterocycles. The van der Waals surface area contributed by atoms with Gasteiger partial charge >= 0.3 is 0 Å². The molecule has 1 aromatic heterocycles. The summed E-state index contributed by atoms with van der Waals surface area (Å²) in [6, 6.07) is 5.95. The molecule has 1 fully saturated rings. The van der Waals surface area contributed by atoms with Crippen molar-refractivity contribution in [3.8, 4) is 11.5 Å². The Morgan fingerprint density at radius 3 is 2.30 bits per heavy atom. The van der Waals surface area contributed by atoms with Gasteiger partial charge in [0.2, 0.25) is 0 Å². The molecule has 5 nitrogen and oxygen atoms in total. The van der Waals surface area contributed by atoms with Gasteiger partial charge in [-0.1, -0.05) is 0 Å².